The Morgan fingerprint density at radius 1 is 1.38 bits per heavy atom. The van der Waals surface area contributed by atoms with Crippen LogP contribution in [-0.4, -0.2) is 16.8 Å². The maximum absolute atomic E-state index is 13.3. The molecule has 1 heterocycles. The molecule has 21 heavy (non-hydrogen) atoms. The molecule has 3 rings (SSSR count). The van der Waals surface area contributed by atoms with Gasteiger partial charge in [0.1, 0.15) is 0 Å². The molecule has 0 saturated heterocycles. The largest absolute Gasteiger partial charge is 0.369 e. The molecule has 1 saturated carbocycles. The van der Waals surface area contributed by atoms with Crippen LogP contribution >= 0.6 is 0 Å². The summed E-state index contributed by atoms with van der Waals surface area (Å²) in [6.45, 7) is 1.84. The molecule has 112 valence electrons. The highest BCUT2D eigenvalue weighted by Crippen LogP contribution is 2.56. The Bertz CT molecular complexity index is 684. The summed E-state index contributed by atoms with van der Waals surface area (Å²) in [4.78, 5) is 14.9. The van der Waals surface area contributed by atoms with Crippen LogP contribution in [0.3, 0.4) is 0 Å². The van der Waals surface area contributed by atoms with E-state index in [0.717, 1.165) is 16.5 Å². The van der Waals surface area contributed by atoms with E-state index >= 15 is 0 Å². The predicted molar refractivity (Wildman–Crippen MR) is 77.0 cm³/mol. The minimum absolute atomic E-state index is 0.214. The third-order valence-corrected chi connectivity index (χ3v) is 4.78. The molecule has 0 spiro atoms. The van der Waals surface area contributed by atoms with Gasteiger partial charge in [0.05, 0.1) is 5.41 Å². The van der Waals surface area contributed by atoms with Crippen LogP contribution in [0.1, 0.15) is 25.3 Å². The molecule has 0 bridgehead atoms. The number of rotatable bonds is 4. The van der Waals surface area contributed by atoms with Crippen LogP contribution in [0.2, 0.25) is 0 Å². The number of carbonyl (C=O) groups excluding carboxylic acids is 1. The number of amides is 1. The van der Waals surface area contributed by atoms with Crippen LogP contribution in [0.4, 0.5) is 8.78 Å². The van der Waals surface area contributed by atoms with E-state index in [2.05, 4.69) is 4.98 Å². The van der Waals surface area contributed by atoms with Crippen molar-refractivity contribution in [3.05, 3.63) is 36.0 Å². The van der Waals surface area contributed by atoms with Gasteiger partial charge in [0.25, 0.3) is 0 Å². The smallest absolute Gasteiger partial charge is 0.250 e. The zero-order valence-corrected chi connectivity index (χ0v) is 11.8. The molecule has 1 aromatic heterocycles. The van der Waals surface area contributed by atoms with Gasteiger partial charge in [-0.05, 0) is 24.0 Å². The summed E-state index contributed by atoms with van der Waals surface area (Å²) in [7, 11) is 0. The molecule has 3 nitrogen and oxygen atoms in total. The number of nitrogens with two attached hydrogens (primary N) is 1. The highest BCUT2D eigenvalue weighted by Gasteiger charge is 2.62. The molecule has 3 N–H and O–H groups in total. The molecule has 1 aliphatic rings. The number of hydrogen-bond donors (Lipinski definition) is 2. The minimum atomic E-state index is -2.76. The second kappa shape index (κ2) is 4.55. The lowest BCUT2D eigenvalue weighted by atomic mass is 9.58. The number of nitrogens with one attached hydrogen (secondary N) is 1. The van der Waals surface area contributed by atoms with Crippen molar-refractivity contribution < 1.29 is 13.6 Å². The maximum atomic E-state index is 13.3. The summed E-state index contributed by atoms with van der Waals surface area (Å²) in [5.74, 6) is -3.58. The van der Waals surface area contributed by atoms with Crippen molar-refractivity contribution in [2.45, 2.75) is 32.1 Å². The topological polar surface area (TPSA) is 58.9 Å². The van der Waals surface area contributed by atoms with Crippen molar-refractivity contribution in [2.75, 3.05) is 0 Å². The Kier molecular flexibility index (Phi) is 3.04. The lowest BCUT2D eigenvalue weighted by Crippen LogP contribution is -2.57. The monoisotopic (exact) mass is 292 g/mol. The maximum Gasteiger partial charge on any atom is 0.250 e. The van der Waals surface area contributed by atoms with Gasteiger partial charge >= 0.3 is 0 Å². The van der Waals surface area contributed by atoms with E-state index < -0.39 is 30.1 Å². The van der Waals surface area contributed by atoms with Gasteiger partial charge < -0.3 is 10.7 Å². The molecule has 0 aliphatic heterocycles. The first-order chi connectivity index (χ1) is 9.84. The first-order valence-corrected chi connectivity index (χ1v) is 7.07. The molecule has 1 atom stereocenters. The van der Waals surface area contributed by atoms with Crippen LogP contribution in [0.15, 0.2) is 30.5 Å². The fourth-order valence-corrected chi connectivity index (χ4v) is 3.46. The third-order valence-electron chi connectivity index (χ3n) is 4.78. The highest BCUT2D eigenvalue weighted by atomic mass is 19.3. The van der Waals surface area contributed by atoms with Crippen molar-refractivity contribution in [3.8, 4) is 0 Å². The fourth-order valence-electron chi connectivity index (χ4n) is 3.46. The third kappa shape index (κ3) is 2.20. The van der Waals surface area contributed by atoms with E-state index in [1.807, 2.05) is 37.4 Å². The van der Waals surface area contributed by atoms with E-state index in [9.17, 15) is 13.6 Å². The van der Waals surface area contributed by atoms with Crippen molar-refractivity contribution in [1.29, 1.82) is 0 Å². The van der Waals surface area contributed by atoms with Crippen LogP contribution in [0.5, 0.6) is 0 Å². The van der Waals surface area contributed by atoms with Gasteiger partial charge in [0.15, 0.2) is 0 Å². The zero-order chi connectivity index (χ0) is 15.3. The molecule has 1 fully saturated rings. The molecule has 2 aromatic rings. The van der Waals surface area contributed by atoms with E-state index in [1.165, 1.54) is 0 Å². The number of para-hydroxylation sites is 1. The SMILES string of the molecule is CC(Cc1c[nH]c2ccccc12)C1(C(N)=O)CC(F)(F)C1. The number of benzene rings is 1. The average Bonchev–Trinajstić information content (AvgIpc) is 2.78. The van der Waals surface area contributed by atoms with Gasteiger partial charge in [-0.1, -0.05) is 25.1 Å². The van der Waals surface area contributed by atoms with E-state index in [4.69, 9.17) is 5.73 Å². The van der Waals surface area contributed by atoms with Crippen molar-refractivity contribution in [3.63, 3.8) is 0 Å². The van der Waals surface area contributed by atoms with Gasteiger partial charge in [0.2, 0.25) is 11.8 Å². The molecule has 1 unspecified atom stereocenters. The summed E-state index contributed by atoms with van der Waals surface area (Å²) >= 11 is 0. The molecule has 0 radical (unpaired) electrons. The number of H-pyrrole nitrogens is 1. The van der Waals surface area contributed by atoms with Gasteiger partial charge in [-0.3, -0.25) is 4.79 Å². The number of fused-ring (bicyclic) bond motifs is 1. The van der Waals surface area contributed by atoms with E-state index in [1.54, 1.807) is 0 Å². The van der Waals surface area contributed by atoms with Gasteiger partial charge in [-0.15, -0.1) is 0 Å². The number of halogens is 2. The van der Waals surface area contributed by atoms with E-state index in [-0.39, 0.29) is 5.92 Å². The minimum Gasteiger partial charge on any atom is -0.369 e. The van der Waals surface area contributed by atoms with Crippen LogP contribution < -0.4 is 5.73 Å². The Hall–Kier alpha value is -1.91. The summed E-state index contributed by atoms with van der Waals surface area (Å²) in [5, 5.41) is 1.06. The first-order valence-electron chi connectivity index (χ1n) is 7.07. The van der Waals surface area contributed by atoms with Gasteiger partial charge in [-0.2, -0.15) is 0 Å². The zero-order valence-electron chi connectivity index (χ0n) is 11.8. The van der Waals surface area contributed by atoms with Crippen LogP contribution in [-0.2, 0) is 11.2 Å². The summed E-state index contributed by atoms with van der Waals surface area (Å²) in [6.07, 6.45) is 1.58. The summed E-state index contributed by atoms with van der Waals surface area (Å²) in [5.41, 5.74) is 6.38. The summed E-state index contributed by atoms with van der Waals surface area (Å²) < 4.78 is 26.5. The number of aromatic nitrogens is 1. The Balaban J connectivity index is 1.85. The average molecular weight is 292 g/mol. The quantitative estimate of drug-likeness (QED) is 0.893. The second-order valence-electron chi connectivity index (χ2n) is 6.19. The lowest BCUT2D eigenvalue weighted by molar-refractivity contribution is -0.189. The number of primary amides is 1. The van der Waals surface area contributed by atoms with Gasteiger partial charge in [0, 0.05) is 29.9 Å². The lowest BCUT2D eigenvalue weighted by Gasteiger charge is -2.48. The second-order valence-corrected chi connectivity index (χ2v) is 6.19. The number of carbonyl (C=O) groups is 1. The molecule has 1 aliphatic carbocycles. The molecular formula is C16H18F2N2O. The van der Waals surface area contributed by atoms with Crippen molar-refractivity contribution in [2.24, 2.45) is 17.1 Å². The molecule has 1 amide bonds. The van der Waals surface area contributed by atoms with E-state index in [0.29, 0.717) is 6.42 Å². The number of alkyl halides is 2. The normalized spacial score (nSPS) is 20.9. The standard InChI is InChI=1S/C16H18F2N2O/c1-10(15(14(19)21)8-16(17,18)9-15)6-11-7-20-13-5-3-2-4-12(11)13/h2-5,7,10,20H,6,8-9H2,1H3,(H2,19,21). The van der Waals surface area contributed by atoms with Crippen molar-refractivity contribution in [1.82, 2.24) is 4.98 Å². The van der Waals surface area contributed by atoms with Gasteiger partial charge in [-0.25, -0.2) is 8.78 Å². The summed E-state index contributed by atoms with van der Waals surface area (Å²) in [6, 6.07) is 7.82. The first kappa shape index (κ1) is 14.0. The molecular weight excluding hydrogens is 274 g/mol. The fraction of sp³-hybridized carbons (Fsp3) is 0.438. The molecule has 5 heteroatoms. The number of hydrogen-bond acceptors (Lipinski definition) is 1. The van der Waals surface area contributed by atoms with Crippen molar-refractivity contribution >= 4 is 16.8 Å². The van der Waals surface area contributed by atoms with Crippen LogP contribution in [0, 0.1) is 11.3 Å². The molecule has 1 aromatic carbocycles. The Morgan fingerprint density at radius 2 is 2.05 bits per heavy atom. The Labute approximate surface area is 121 Å². The Morgan fingerprint density at radius 3 is 2.67 bits per heavy atom. The number of aromatic amines is 1. The predicted octanol–water partition coefficient (Wildman–Crippen LogP) is 3.25. The highest BCUT2D eigenvalue weighted by molar-refractivity contribution is 5.84. The van der Waals surface area contributed by atoms with Crippen LogP contribution in [0.25, 0.3) is 10.9 Å².